The minimum atomic E-state index is 0.430. The van der Waals surface area contributed by atoms with Crippen molar-refractivity contribution in [2.75, 3.05) is 33.2 Å². The lowest BCUT2D eigenvalue weighted by Crippen LogP contribution is -2.32. The van der Waals surface area contributed by atoms with Crippen molar-refractivity contribution in [1.29, 1.82) is 0 Å². The van der Waals surface area contributed by atoms with Gasteiger partial charge in [-0.1, -0.05) is 17.3 Å². The molecular weight excluding hydrogens is 352 g/mol. The lowest BCUT2D eigenvalue weighted by Gasteiger charge is -2.30. The fourth-order valence-corrected chi connectivity index (χ4v) is 4.64. The maximum Gasteiger partial charge on any atom is 0.177 e. The number of hydrogen-bond donors (Lipinski definition) is 1. The van der Waals surface area contributed by atoms with Crippen LogP contribution >= 0.6 is 0 Å². The van der Waals surface area contributed by atoms with Crippen LogP contribution in [-0.2, 0) is 6.54 Å². The third-order valence-electron chi connectivity index (χ3n) is 6.45. The van der Waals surface area contributed by atoms with Crippen molar-refractivity contribution >= 4 is 11.0 Å². The molecule has 2 aliphatic rings. The molecule has 0 aliphatic carbocycles. The van der Waals surface area contributed by atoms with Gasteiger partial charge in [0.25, 0.3) is 0 Å². The summed E-state index contributed by atoms with van der Waals surface area (Å²) in [6.45, 7) is 5.42. The predicted octanol–water partition coefficient (Wildman–Crippen LogP) is 3.13. The normalized spacial score (nSPS) is 20.9. The molecule has 2 aromatic heterocycles. The van der Waals surface area contributed by atoms with Crippen molar-refractivity contribution in [3.63, 3.8) is 0 Å². The van der Waals surface area contributed by atoms with Gasteiger partial charge in [-0.3, -0.25) is 4.90 Å². The molecule has 0 radical (unpaired) electrons. The quantitative estimate of drug-likeness (QED) is 0.750. The second-order valence-electron chi connectivity index (χ2n) is 8.42. The smallest absolute Gasteiger partial charge is 0.177 e. The van der Waals surface area contributed by atoms with E-state index in [9.17, 15) is 0 Å². The molecule has 0 saturated carbocycles. The molecule has 3 aromatic rings. The predicted molar refractivity (Wildman–Crippen MR) is 107 cm³/mol. The third kappa shape index (κ3) is 3.69. The van der Waals surface area contributed by atoms with Crippen molar-refractivity contribution in [3.05, 3.63) is 41.4 Å². The number of furan rings is 1. The minimum absolute atomic E-state index is 0.430. The summed E-state index contributed by atoms with van der Waals surface area (Å²) in [5.41, 5.74) is 2.36. The Kier molecular flexibility index (Phi) is 4.86. The van der Waals surface area contributed by atoms with E-state index in [1.54, 1.807) is 0 Å². The van der Waals surface area contributed by atoms with Crippen LogP contribution in [0.15, 0.2) is 28.7 Å². The number of piperidine rings is 2. The molecule has 7 nitrogen and oxygen atoms in total. The SMILES string of the molecule is CN1CCC(c2cc3ccc(CN4CCC(c5nn[nH]n5)CC4)cc3o2)CC1. The van der Waals surface area contributed by atoms with Gasteiger partial charge in [0.1, 0.15) is 11.3 Å². The van der Waals surface area contributed by atoms with Crippen molar-refractivity contribution < 1.29 is 4.42 Å². The van der Waals surface area contributed by atoms with Gasteiger partial charge in [-0.2, -0.15) is 5.21 Å². The molecule has 2 fully saturated rings. The average molecular weight is 380 g/mol. The van der Waals surface area contributed by atoms with Crippen LogP contribution in [0.25, 0.3) is 11.0 Å². The molecule has 1 aromatic carbocycles. The van der Waals surface area contributed by atoms with E-state index >= 15 is 0 Å². The number of benzene rings is 1. The molecule has 1 N–H and O–H groups in total. The summed E-state index contributed by atoms with van der Waals surface area (Å²) in [7, 11) is 2.20. The largest absolute Gasteiger partial charge is 0.461 e. The highest BCUT2D eigenvalue weighted by Gasteiger charge is 2.24. The monoisotopic (exact) mass is 380 g/mol. The second-order valence-corrected chi connectivity index (χ2v) is 8.42. The van der Waals surface area contributed by atoms with E-state index in [-0.39, 0.29) is 0 Å². The molecule has 0 unspecified atom stereocenters. The van der Waals surface area contributed by atoms with E-state index < -0.39 is 0 Å². The van der Waals surface area contributed by atoms with Gasteiger partial charge >= 0.3 is 0 Å². The fraction of sp³-hybridized carbons (Fsp3) is 0.571. The Morgan fingerprint density at radius 2 is 1.82 bits per heavy atom. The van der Waals surface area contributed by atoms with E-state index in [1.165, 1.54) is 29.6 Å². The molecule has 0 atom stereocenters. The summed E-state index contributed by atoms with van der Waals surface area (Å²) in [6, 6.07) is 8.96. The average Bonchev–Trinajstić information content (AvgIpc) is 3.39. The Bertz CT molecular complexity index is 904. The van der Waals surface area contributed by atoms with Crippen LogP contribution in [0, 0.1) is 0 Å². The van der Waals surface area contributed by atoms with E-state index in [4.69, 9.17) is 4.42 Å². The Balaban J connectivity index is 1.23. The molecule has 28 heavy (non-hydrogen) atoms. The first-order valence-corrected chi connectivity index (χ1v) is 10.4. The highest BCUT2D eigenvalue weighted by molar-refractivity contribution is 5.78. The highest BCUT2D eigenvalue weighted by Crippen LogP contribution is 2.33. The summed E-state index contributed by atoms with van der Waals surface area (Å²) >= 11 is 0. The van der Waals surface area contributed by atoms with Gasteiger partial charge in [0, 0.05) is 23.8 Å². The molecule has 2 aliphatic heterocycles. The molecule has 2 saturated heterocycles. The van der Waals surface area contributed by atoms with Crippen molar-refractivity contribution in [2.45, 2.75) is 44.1 Å². The summed E-state index contributed by atoms with van der Waals surface area (Å²) in [5.74, 6) is 3.02. The number of aromatic nitrogens is 4. The third-order valence-corrected chi connectivity index (χ3v) is 6.45. The van der Waals surface area contributed by atoms with Crippen LogP contribution < -0.4 is 0 Å². The number of nitrogens with zero attached hydrogens (tertiary/aromatic N) is 5. The standard InChI is InChI=1S/C21H28N6O/c1-26-8-4-16(5-9-26)20-13-18-3-2-15(12-19(18)28-20)14-27-10-6-17(7-11-27)21-22-24-25-23-21/h2-3,12-13,16-17H,4-11,14H2,1H3,(H,22,23,24,25). The molecule has 4 heterocycles. The first-order valence-electron chi connectivity index (χ1n) is 10.4. The maximum atomic E-state index is 6.27. The summed E-state index contributed by atoms with van der Waals surface area (Å²) in [4.78, 5) is 4.91. The Morgan fingerprint density at radius 1 is 1.04 bits per heavy atom. The van der Waals surface area contributed by atoms with Gasteiger partial charge in [0.15, 0.2) is 5.82 Å². The first kappa shape index (κ1) is 17.8. The van der Waals surface area contributed by atoms with Crippen LogP contribution in [0.4, 0.5) is 0 Å². The molecule has 7 heteroatoms. The van der Waals surface area contributed by atoms with Gasteiger partial charge in [0.05, 0.1) is 0 Å². The molecular formula is C21H28N6O. The zero-order valence-corrected chi connectivity index (χ0v) is 16.5. The zero-order valence-electron chi connectivity index (χ0n) is 16.5. The number of tetrazole rings is 1. The summed E-state index contributed by atoms with van der Waals surface area (Å²) in [6.07, 6.45) is 4.56. The molecule has 0 spiro atoms. The Hall–Kier alpha value is -2.25. The van der Waals surface area contributed by atoms with Gasteiger partial charge < -0.3 is 9.32 Å². The lowest BCUT2D eigenvalue weighted by atomic mass is 9.94. The van der Waals surface area contributed by atoms with Crippen LogP contribution in [0.2, 0.25) is 0 Å². The number of H-pyrrole nitrogens is 1. The van der Waals surface area contributed by atoms with Gasteiger partial charge in [-0.05, 0) is 76.6 Å². The topological polar surface area (TPSA) is 74.1 Å². The summed E-state index contributed by atoms with van der Waals surface area (Å²) in [5, 5.41) is 15.8. The Morgan fingerprint density at radius 3 is 2.57 bits per heavy atom. The van der Waals surface area contributed by atoms with Gasteiger partial charge in [-0.25, -0.2) is 0 Å². The number of aromatic amines is 1. The second kappa shape index (κ2) is 7.64. The molecule has 5 rings (SSSR count). The zero-order chi connectivity index (χ0) is 18.9. The van der Waals surface area contributed by atoms with Crippen LogP contribution in [-0.4, -0.2) is 63.7 Å². The Labute approximate surface area is 165 Å². The van der Waals surface area contributed by atoms with Crippen LogP contribution in [0.3, 0.4) is 0 Å². The van der Waals surface area contributed by atoms with E-state index in [0.717, 1.165) is 57.0 Å². The maximum absolute atomic E-state index is 6.27. The fourth-order valence-electron chi connectivity index (χ4n) is 4.64. The summed E-state index contributed by atoms with van der Waals surface area (Å²) < 4.78 is 6.27. The van der Waals surface area contributed by atoms with Crippen molar-refractivity contribution in [3.8, 4) is 0 Å². The lowest BCUT2D eigenvalue weighted by molar-refractivity contribution is 0.201. The van der Waals surface area contributed by atoms with Gasteiger partial charge in [0.2, 0.25) is 0 Å². The number of hydrogen-bond acceptors (Lipinski definition) is 6. The van der Waals surface area contributed by atoms with Crippen molar-refractivity contribution in [2.24, 2.45) is 0 Å². The van der Waals surface area contributed by atoms with Gasteiger partial charge in [-0.15, -0.1) is 10.2 Å². The highest BCUT2D eigenvalue weighted by atomic mass is 16.3. The minimum Gasteiger partial charge on any atom is -0.461 e. The van der Waals surface area contributed by atoms with E-state index in [2.05, 4.69) is 61.7 Å². The molecule has 0 amide bonds. The number of fused-ring (bicyclic) bond motifs is 1. The number of rotatable bonds is 4. The first-order chi connectivity index (χ1) is 13.7. The molecule has 148 valence electrons. The van der Waals surface area contributed by atoms with E-state index in [1.807, 2.05) is 0 Å². The van der Waals surface area contributed by atoms with Crippen LogP contribution in [0.1, 0.15) is 54.7 Å². The number of nitrogens with one attached hydrogen (secondary N) is 1. The van der Waals surface area contributed by atoms with Crippen molar-refractivity contribution in [1.82, 2.24) is 30.4 Å². The number of likely N-dealkylation sites (tertiary alicyclic amines) is 2. The van der Waals surface area contributed by atoms with E-state index in [0.29, 0.717) is 11.8 Å². The van der Waals surface area contributed by atoms with Crippen LogP contribution in [0.5, 0.6) is 0 Å². The molecule has 0 bridgehead atoms.